The molecule has 0 saturated heterocycles. The molecule has 2 aromatic rings. The van der Waals surface area contributed by atoms with E-state index in [1.165, 1.54) is 5.01 Å². The lowest BCUT2D eigenvalue weighted by molar-refractivity contribution is -0.180. The van der Waals surface area contributed by atoms with Crippen LogP contribution in [0.3, 0.4) is 0 Å². The summed E-state index contributed by atoms with van der Waals surface area (Å²) in [5.74, 6) is -0.786. The highest BCUT2D eigenvalue weighted by Crippen LogP contribution is 2.23. The standard InChI is InChI=1S/C31H49N5O6/c1-9-32-30(39)34-35(8)20-27(37)33-26(21-42-31(5,6)7)28(38)36(22(4)29(40-10-2)41-11-3)19-24-17-14-16-23-15-12-13-18-25(23)24/h12-18,22,26,29H,9-11,19-21H2,1-8H3,(H,33,37)(H2,32,34,39)/t22-,26-/m0/s1. The third-order valence-electron chi connectivity index (χ3n) is 6.38. The Balaban J connectivity index is 2.42. The Morgan fingerprint density at radius 1 is 0.952 bits per heavy atom. The largest absolute Gasteiger partial charge is 0.373 e. The molecule has 11 nitrogen and oxygen atoms in total. The van der Waals surface area contributed by atoms with Crippen molar-refractivity contribution in [2.75, 3.05) is 40.0 Å². The van der Waals surface area contributed by atoms with Gasteiger partial charge in [-0.25, -0.2) is 9.80 Å². The van der Waals surface area contributed by atoms with Crippen LogP contribution < -0.4 is 16.1 Å². The number of nitrogens with zero attached hydrogens (tertiary/aromatic N) is 2. The van der Waals surface area contributed by atoms with Gasteiger partial charge in [-0.1, -0.05) is 42.5 Å². The van der Waals surface area contributed by atoms with Crippen molar-refractivity contribution in [1.82, 2.24) is 26.0 Å². The van der Waals surface area contributed by atoms with Gasteiger partial charge in [0.2, 0.25) is 11.8 Å². The van der Waals surface area contributed by atoms with E-state index in [1.807, 2.05) is 84.0 Å². The van der Waals surface area contributed by atoms with Crippen LogP contribution in [-0.2, 0) is 30.3 Å². The van der Waals surface area contributed by atoms with Gasteiger partial charge < -0.3 is 29.7 Å². The second-order valence-corrected chi connectivity index (χ2v) is 11.0. The van der Waals surface area contributed by atoms with E-state index in [1.54, 1.807) is 18.9 Å². The Labute approximate surface area is 250 Å². The number of ether oxygens (including phenoxy) is 3. The topological polar surface area (TPSA) is 121 Å². The smallest absolute Gasteiger partial charge is 0.329 e. The zero-order valence-corrected chi connectivity index (χ0v) is 26.4. The van der Waals surface area contributed by atoms with Crippen molar-refractivity contribution in [2.45, 2.75) is 79.0 Å². The molecule has 2 rings (SSSR count). The van der Waals surface area contributed by atoms with Crippen LogP contribution in [0.1, 0.15) is 54.0 Å². The van der Waals surface area contributed by atoms with Gasteiger partial charge in [0.25, 0.3) is 0 Å². The van der Waals surface area contributed by atoms with E-state index in [4.69, 9.17) is 14.2 Å². The fourth-order valence-corrected chi connectivity index (χ4v) is 4.42. The third kappa shape index (κ3) is 11.2. The molecule has 0 aromatic heterocycles. The Kier molecular flexibility index (Phi) is 14.2. The number of likely N-dealkylation sites (N-methyl/N-ethyl adjacent to an activating group) is 1. The molecule has 0 spiro atoms. The predicted octanol–water partition coefficient (Wildman–Crippen LogP) is 3.42. The Hall–Kier alpha value is -3.25. The van der Waals surface area contributed by atoms with E-state index in [-0.39, 0.29) is 25.6 Å². The molecule has 4 amide bonds. The van der Waals surface area contributed by atoms with Crippen LogP contribution in [-0.4, -0.2) is 91.7 Å². The average Bonchev–Trinajstić information content (AvgIpc) is 2.92. The summed E-state index contributed by atoms with van der Waals surface area (Å²) in [7, 11) is 1.57. The van der Waals surface area contributed by atoms with E-state index < -0.39 is 35.9 Å². The van der Waals surface area contributed by atoms with E-state index in [9.17, 15) is 14.4 Å². The Morgan fingerprint density at radius 3 is 2.21 bits per heavy atom. The molecule has 42 heavy (non-hydrogen) atoms. The molecule has 0 fully saturated rings. The van der Waals surface area contributed by atoms with Gasteiger partial charge in [-0.15, -0.1) is 0 Å². The monoisotopic (exact) mass is 587 g/mol. The number of rotatable bonds is 16. The molecule has 3 N–H and O–H groups in total. The molecular weight excluding hydrogens is 538 g/mol. The molecule has 0 aliphatic heterocycles. The maximum Gasteiger partial charge on any atom is 0.329 e. The number of hydrogen-bond donors (Lipinski definition) is 3. The molecular formula is C31H49N5O6. The molecule has 0 radical (unpaired) electrons. The van der Waals surface area contributed by atoms with Crippen LogP contribution in [0, 0.1) is 0 Å². The quantitative estimate of drug-likeness (QED) is 0.203. The number of amides is 4. The lowest BCUT2D eigenvalue weighted by Gasteiger charge is -2.37. The first kappa shape index (κ1) is 34.9. The van der Waals surface area contributed by atoms with Gasteiger partial charge in [-0.3, -0.25) is 15.0 Å². The summed E-state index contributed by atoms with van der Waals surface area (Å²) in [6.45, 7) is 14.4. The number of hydrazine groups is 1. The highest BCUT2D eigenvalue weighted by Gasteiger charge is 2.35. The van der Waals surface area contributed by atoms with Gasteiger partial charge in [0.15, 0.2) is 6.29 Å². The molecule has 0 unspecified atom stereocenters. The number of hydrogen-bond acceptors (Lipinski definition) is 7. The van der Waals surface area contributed by atoms with E-state index in [0.717, 1.165) is 16.3 Å². The summed E-state index contributed by atoms with van der Waals surface area (Å²) in [5, 5.41) is 8.89. The molecule has 0 aliphatic carbocycles. The zero-order chi connectivity index (χ0) is 31.3. The number of carbonyl (C=O) groups is 3. The number of benzene rings is 2. The summed E-state index contributed by atoms with van der Waals surface area (Å²) >= 11 is 0. The second kappa shape index (κ2) is 17.0. The molecule has 0 aliphatic rings. The highest BCUT2D eigenvalue weighted by atomic mass is 16.7. The van der Waals surface area contributed by atoms with Crippen molar-refractivity contribution in [3.63, 3.8) is 0 Å². The molecule has 2 atom stereocenters. The lowest BCUT2D eigenvalue weighted by atomic mass is 10.0. The molecule has 0 heterocycles. The van der Waals surface area contributed by atoms with Crippen LogP contribution in [0.15, 0.2) is 42.5 Å². The molecule has 11 heteroatoms. The summed E-state index contributed by atoms with van der Waals surface area (Å²) in [4.78, 5) is 41.0. The summed E-state index contributed by atoms with van der Waals surface area (Å²) in [5.41, 5.74) is 2.97. The first-order chi connectivity index (χ1) is 19.9. The van der Waals surface area contributed by atoms with Crippen LogP contribution in [0.2, 0.25) is 0 Å². The minimum Gasteiger partial charge on any atom is -0.373 e. The predicted molar refractivity (Wildman–Crippen MR) is 163 cm³/mol. The van der Waals surface area contributed by atoms with Gasteiger partial charge in [0.1, 0.15) is 6.04 Å². The molecule has 234 valence electrons. The van der Waals surface area contributed by atoms with Crippen molar-refractivity contribution in [3.05, 3.63) is 48.0 Å². The van der Waals surface area contributed by atoms with Gasteiger partial charge in [0.05, 0.1) is 24.8 Å². The van der Waals surface area contributed by atoms with Gasteiger partial charge >= 0.3 is 6.03 Å². The Bertz CT molecular complexity index is 1140. The number of urea groups is 1. The van der Waals surface area contributed by atoms with Crippen molar-refractivity contribution in [1.29, 1.82) is 0 Å². The van der Waals surface area contributed by atoms with Crippen molar-refractivity contribution in [2.24, 2.45) is 0 Å². The van der Waals surface area contributed by atoms with E-state index in [2.05, 4.69) is 16.1 Å². The van der Waals surface area contributed by atoms with E-state index in [0.29, 0.717) is 19.8 Å². The van der Waals surface area contributed by atoms with Gasteiger partial charge in [0, 0.05) is 33.4 Å². The van der Waals surface area contributed by atoms with Crippen LogP contribution >= 0.6 is 0 Å². The minimum absolute atomic E-state index is 0.0474. The van der Waals surface area contributed by atoms with E-state index >= 15 is 0 Å². The van der Waals surface area contributed by atoms with Crippen LogP contribution in [0.25, 0.3) is 10.8 Å². The fourth-order valence-electron chi connectivity index (χ4n) is 4.42. The maximum atomic E-state index is 14.4. The summed E-state index contributed by atoms with van der Waals surface area (Å²) in [6, 6.07) is 12.1. The summed E-state index contributed by atoms with van der Waals surface area (Å²) in [6.07, 6.45) is -0.675. The summed E-state index contributed by atoms with van der Waals surface area (Å²) < 4.78 is 17.8. The maximum absolute atomic E-state index is 14.4. The first-order valence-electron chi connectivity index (χ1n) is 14.6. The Morgan fingerprint density at radius 2 is 1.60 bits per heavy atom. The van der Waals surface area contributed by atoms with Crippen LogP contribution in [0.5, 0.6) is 0 Å². The zero-order valence-electron chi connectivity index (χ0n) is 26.4. The average molecular weight is 588 g/mol. The number of fused-ring (bicyclic) bond motifs is 1. The minimum atomic E-state index is -1.00. The number of carbonyl (C=O) groups excluding carboxylic acids is 3. The van der Waals surface area contributed by atoms with Gasteiger partial charge in [-0.05, 0) is 64.8 Å². The highest BCUT2D eigenvalue weighted by molar-refractivity contribution is 5.90. The van der Waals surface area contributed by atoms with Gasteiger partial charge in [-0.2, -0.15) is 0 Å². The normalized spacial score (nSPS) is 13.2. The van der Waals surface area contributed by atoms with Crippen molar-refractivity contribution < 1.29 is 28.6 Å². The third-order valence-corrected chi connectivity index (χ3v) is 6.38. The lowest BCUT2D eigenvalue weighted by Crippen LogP contribution is -2.58. The fraction of sp³-hybridized carbons (Fsp3) is 0.581. The SMILES string of the molecule is CCNC(=O)NN(C)CC(=O)N[C@@H](COC(C)(C)C)C(=O)N(Cc1cccc2ccccc12)[C@@H](C)C(OCC)OCC. The first-order valence-corrected chi connectivity index (χ1v) is 14.6. The second-order valence-electron chi connectivity index (χ2n) is 11.0. The number of nitrogens with one attached hydrogen (secondary N) is 3. The molecule has 0 bridgehead atoms. The van der Waals surface area contributed by atoms with Crippen LogP contribution in [0.4, 0.5) is 4.79 Å². The molecule has 2 aromatic carbocycles. The van der Waals surface area contributed by atoms with Crippen molar-refractivity contribution >= 4 is 28.6 Å². The van der Waals surface area contributed by atoms with Crippen molar-refractivity contribution in [3.8, 4) is 0 Å². The molecule has 0 saturated carbocycles.